The van der Waals surface area contributed by atoms with Crippen molar-refractivity contribution >= 4 is 29.7 Å². The van der Waals surface area contributed by atoms with Crippen LogP contribution in [0.5, 0.6) is 0 Å². The molecule has 3 amide bonds. The molecule has 1 aromatic rings. The van der Waals surface area contributed by atoms with Crippen LogP contribution in [-0.2, 0) is 39.8 Å². The maximum atomic E-state index is 13.9. The zero-order chi connectivity index (χ0) is 35.3. The number of likely N-dealkylation sites (N-methyl/N-ethyl adjacent to an activating group) is 1. The van der Waals surface area contributed by atoms with E-state index in [0.717, 1.165) is 18.4 Å². The van der Waals surface area contributed by atoms with Crippen LogP contribution in [0.4, 0.5) is 0 Å². The van der Waals surface area contributed by atoms with Crippen molar-refractivity contribution in [2.45, 2.75) is 83.2 Å². The molecular weight excluding hydrogens is 604 g/mol. The topological polar surface area (TPSA) is 156 Å². The molecule has 0 bridgehead atoms. The molecule has 3 N–H and O–H groups in total. The molecule has 1 saturated heterocycles. The molecule has 0 saturated carbocycles. The number of nitrogens with two attached hydrogens (primary N) is 1. The van der Waals surface area contributed by atoms with Crippen LogP contribution in [0.15, 0.2) is 35.3 Å². The summed E-state index contributed by atoms with van der Waals surface area (Å²) in [6.07, 6.45) is 1.29. The molecule has 1 aliphatic rings. The Hall–Kier alpha value is -3.71. The van der Waals surface area contributed by atoms with Crippen LogP contribution in [0.3, 0.4) is 0 Å². The van der Waals surface area contributed by atoms with Gasteiger partial charge >= 0.3 is 5.97 Å². The molecule has 6 unspecified atom stereocenters. The van der Waals surface area contributed by atoms with E-state index in [-0.39, 0.29) is 61.1 Å². The van der Waals surface area contributed by atoms with Crippen molar-refractivity contribution in [2.24, 2.45) is 22.6 Å². The predicted octanol–water partition coefficient (Wildman–Crippen LogP) is 1.68. The quantitative estimate of drug-likeness (QED) is 0.144. The number of carbonyl (C=O) groups excluding carboxylic acids is 4. The number of hydrogen-bond acceptors (Lipinski definition) is 8. The molecule has 47 heavy (non-hydrogen) atoms. The van der Waals surface area contributed by atoms with Gasteiger partial charge in [-0.15, -0.1) is 0 Å². The van der Waals surface area contributed by atoms with Gasteiger partial charge in [0.25, 0.3) is 0 Å². The maximum absolute atomic E-state index is 13.9. The Morgan fingerprint density at radius 2 is 1.72 bits per heavy atom. The Morgan fingerprint density at radius 3 is 2.28 bits per heavy atom. The number of rotatable bonds is 17. The summed E-state index contributed by atoms with van der Waals surface area (Å²) < 4.78 is 16.7. The molecule has 0 aromatic heterocycles. The van der Waals surface area contributed by atoms with Crippen molar-refractivity contribution in [3.8, 4) is 0 Å². The van der Waals surface area contributed by atoms with Gasteiger partial charge in [-0.3, -0.25) is 14.4 Å². The van der Waals surface area contributed by atoms with Crippen LogP contribution in [0.1, 0.15) is 52.0 Å². The van der Waals surface area contributed by atoms with Crippen molar-refractivity contribution in [3.63, 3.8) is 0 Å². The molecule has 13 nitrogen and oxygen atoms in total. The minimum atomic E-state index is -0.874. The van der Waals surface area contributed by atoms with Crippen molar-refractivity contribution in [2.75, 3.05) is 55.6 Å². The second kappa shape index (κ2) is 19.2. The zero-order valence-electron chi connectivity index (χ0n) is 29.6. The van der Waals surface area contributed by atoms with Crippen LogP contribution in [0.2, 0.25) is 0 Å². The predicted molar refractivity (Wildman–Crippen MR) is 180 cm³/mol. The number of benzene rings is 1. The first kappa shape index (κ1) is 39.5. The number of carbonyl (C=O) groups is 4. The number of esters is 1. The molecule has 7 atom stereocenters. The molecule has 1 fully saturated rings. The number of amides is 3. The van der Waals surface area contributed by atoms with Crippen LogP contribution >= 0.6 is 0 Å². The molecule has 1 aliphatic heterocycles. The number of likely N-dealkylation sites (tertiary alicyclic amines) is 1. The van der Waals surface area contributed by atoms with Gasteiger partial charge in [-0.2, -0.15) is 0 Å². The Labute approximate surface area is 280 Å². The Morgan fingerprint density at radius 1 is 1.06 bits per heavy atom. The molecule has 1 aromatic carbocycles. The SMILES string of the molecule is CCC(C)C(C(CC(=O)N1CCCC1C(OC)C(C)C(=O)N[C@@H](Cc1ccccc1)C(=O)OC)OC)N(C)C(=O)CN=C(N)N(C)C. The molecule has 1 heterocycles. The van der Waals surface area contributed by atoms with Gasteiger partial charge in [0, 0.05) is 48.3 Å². The Balaban J connectivity index is 2.20. The largest absolute Gasteiger partial charge is 0.467 e. The van der Waals surface area contributed by atoms with Gasteiger partial charge in [-0.05, 0) is 24.3 Å². The number of ether oxygens (including phenoxy) is 3. The first-order valence-electron chi connectivity index (χ1n) is 16.3. The van der Waals surface area contributed by atoms with Gasteiger partial charge in [0.1, 0.15) is 12.6 Å². The van der Waals surface area contributed by atoms with E-state index in [9.17, 15) is 19.2 Å². The number of hydrogen-bond donors (Lipinski definition) is 2. The first-order chi connectivity index (χ1) is 22.3. The third-order valence-electron chi connectivity index (χ3n) is 9.22. The Kier molecular flexibility index (Phi) is 16.1. The molecule has 264 valence electrons. The molecule has 0 radical (unpaired) electrons. The van der Waals surface area contributed by atoms with E-state index in [1.165, 1.54) is 14.2 Å². The lowest BCUT2D eigenvalue weighted by atomic mass is 9.90. The summed E-state index contributed by atoms with van der Waals surface area (Å²) in [4.78, 5) is 62.4. The summed E-state index contributed by atoms with van der Waals surface area (Å²) in [5.41, 5.74) is 6.77. The van der Waals surface area contributed by atoms with Gasteiger partial charge in [0.2, 0.25) is 17.7 Å². The molecule has 13 heteroatoms. The highest BCUT2D eigenvalue weighted by Gasteiger charge is 2.42. The second-order valence-electron chi connectivity index (χ2n) is 12.5. The smallest absolute Gasteiger partial charge is 0.328 e. The lowest BCUT2D eigenvalue weighted by Crippen LogP contribution is -2.54. The van der Waals surface area contributed by atoms with Gasteiger partial charge in [0.05, 0.1) is 43.7 Å². The maximum Gasteiger partial charge on any atom is 0.328 e. The summed E-state index contributed by atoms with van der Waals surface area (Å²) in [5, 5.41) is 2.85. The molecular formula is C34H56N6O7. The molecule has 0 spiro atoms. The minimum absolute atomic E-state index is 0.0281. The van der Waals surface area contributed by atoms with Crippen LogP contribution < -0.4 is 11.1 Å². The number of aliphatic imine (C=N–C) groups is 1. The zero-order valence-corrected chi connectivity index (χ0v) is 29.6. The number of methoxy groups -OCH3 is 3. The van der Waals surface area contributed by atoms with E-state index in [1.807, 2.05) is 44.2 Å². The van der Waals surface area contributed by atoms with Crippen molar-refractivity contribution in [3.05, 3.63) is 35.9 Å². The van der Waals surface area contributed by atoms with Gasteiger partial charge in [-0.25, -0.2) is 9.79 Å². The summed E-state index contributed by atoms with van der Waals surface area (Å²) in [7, 11) is 9.57. The van der Waals surface area contributed by atoms with E-state index >= 15 is 0 Å². The fraction of sp³-hybridized carbons (Fsp3) is 0.676. The molecule has 0 aliphatic carbocycles. The fourth-order valence-corrected chi connectivity index (χ4v) is 6.22. The van der Waals surface area contributed by atoms with Crippen LogP contribution in [0, 0.1) is 11.8 Å². The van der Waals surface area contributed by atoms with Crippen LogP contribution in [-0.4, -0.2) is 130 Å². The average Bonchev–Trinajstić information content (AvgIpc) is 3.55. The van der Waals surface area contributed by atoms with E-state index in [1.54, 1.807) is 49.9 Å². The fourth-order valence-electron chi connectivity index (χ4n) is 6.22. The summed E-state index contributed by atoms with van der Waals surface area (Å²) >= 11 is 0. The summed E-state index contributed by atoms with van der Waals surface area (Å²) in [5.74, 6) is -1.68. The highest BCUT2D eigenvalue weighted by atomic mass is 16.5. The van der Waals surface area contributed by atoms with Crippen molar-refractivity contribution < 1.29 is 33.4 Å². The van der Waals surface area contributed by atoms with E-state index < -0.39 is 30.1 Å². The van der Waals surface area contributed by atoms with Crippen molar-refractivity contribution in [1.82, 2.24) is 20.0 Å². The molecule has 2 rings (SSSR count). The van der Waals surface area contributed by atoms with E-state index in [2.05, 4.69) is 10.3 Å². The Bertz CT molecular complexity index is 1200. The average molecular weight is 661 g/mol. The monoisotopic (exact) mass is 660 g/mol. The number of guanidine groups is 1. The third-order valence-corrected chi connectivity index (χ3v) is 9.22. The van der Waals surface area contributed by atoms with Gasteiger partial charge in [-0.1, -0.05) is 57.5 Å². The van der Waals surface area contributed by atoms with Gasteiger partial charge in [0.15, 0.2) is 5.96 Å². The van der Waals surface area contributed by atoms with E-state index in [0.29, 0.717) is 13.0 Å². The standard InChI is InChI=1S/C34H56N6O7/c1-10-22(2)30(39(6)29(42)21-36-34(35)38(4)5)27(45-7)20-28(41)40-18-14-17-26(40)31(46-8)23(3)32(43)37-25(33(44)47-9)19-24-15-12-11-13-16-24/h11-13,15-16,22-23,25-27,30-31H,10,14,17-21H2,1-9H3,(H2,35,36)(H,37,43)/t22?,23?,25-,26?,27?,30?,31?/m0/s1. The first-order valence-corrected chi connectivity index (χ1v) is 16.3. The number of nitrogens with one attached hydrogen (secondary N) is 1. The highest BCUT2D eigenvalue weighted by Crippen LogP contribution is 2.29. The normalized spacial score (nSPS) is 18.8. The highest BCUT2D eigenvalue weighted by molar-refractivity contribution is 5.86. The number of nitrogens with zero attached hydrogens (tertiary/aromatic N) is 4. The van der Waals surface area contributed by atoms with Crippen molar-refractivity contribution in [1.29, 1.82) is 0 Å². The van der Waals surface area contributed by atoms with E-state index in [4.69, 9.17) is 19.9 Å². The van der Waals surface area contributed by atoms with Crippen LogP contribution in [0.25, 0.3) is 0 Å². The minimum Gasteiger partial charge on any atom is -0.467 e. The lowest BCUT2D eigenvalue weighted by Gasteiger charge is -2.39. The van der Waals surface area contributed by atoms with Gasteiger partial charge < -0.3 is 40.0 Å². The summed E-state index contributed by atoms with van der Waals surface area (Å²) in [6, 6.07) is 7.76. The lowest BCUT2D eigenvalue weighted by molar-refractivity contribution is -0.148. The summed E-state index contributed by atoms with van der Waals surface area (Å²) in [6.45, 7) is 6.19. The second-order valence-corrected chi connectivity index (χ2v) is 12.5. The third kappa shape index (κ3) is 10.9.